The molecule has 0 radical (unpaired) electrons. The van der Waals surface area contributed by atoms with Gasteiger partial charge in [0.2, 0.25) is 10.0 Å². The number of benzene rings is 1. The number of hydrogen-bond donors (Lipinski definition) is 0. The topological polar surface area (TPSA) is 37.1 Å². The quantitative estimate of drug-likeness (QED) is 0.702. The summed E-state index contributed by atoms with van der Waals surface area (Å²) in [5.74, 6) is 0. The van der Waals surface area contributed by atoms with Crippen molar-refractivity contribution in [1.82, 2.24) is 4.31 Å². The Labute approximate surface area is 82.0 Å². The molecule has 0 N–H and O–H groups in total. The Kier molecular flexibility index (Phi) is 2.06. The van der Waals surface area contributed by atoms with Gasteiger partial charge in [-0.2, -0.15) is 4.31 Å². The van der Waals surface area contributed by atoms with Crippen LogP contribution in [0.2, 0.25) is 5.02 Å². The first-order valence-electron chi connectivity index (χ1n) is 3.87. The van der Waals surface area contributed by atoms with E-state index in [-0.39, 0.29) is 9.92 Å². The largest absolute Gasteiger partial charge is 0.244 e. The summed E-state index contributed by atoms with van der Waals surface area (Å²) < 4.78 is 24.7. The first-order valence-corrected chi connectivity index (χ1v) is 5.69. The average Bonchev–Trinajstić information content (AvgIpc) is 2.86. The van der Waals surface area contributed by atoms with Crippen molar-refractivity contribution in [1.29, 1.82) is 0 Å². The lowest BCUT2D eigenvalue weighted by Gasteiger charge is -2.04. The van der Waals surface area contributed by atoms with Crippen molar-refractivity contribution in [3.8, 4) is 0 Å². The molecule has 1 aliphatic heterocycles. The second-order valence-corrected chi connectivity index (χ2v) is 5.15. The highest BCUT2D eigenvalue weighted by Gasteiger charge is 2.34. The first-order chi connectivity index (χ1) is 6.12. The molecule has 0 spiro atoms. The minimum absolute atomic E-state index is 0.203. The third-order valence-electron chi connectivity index (χ3n) is 1.86. The van der Waals surface area contributed by atoms with Gasteiger partial charge in [0, 0.05) is 13.1 Å². The molecule has 0 aromatic heterocycles. The number of hydrogen-bond acceptors (Lipinski definition) is 2. The fourth-order valence-corrected chi connectivity index (χ4v) is 2.91. The molecule has 3 nitrogen and oxygen atoms in total. The smallest absolute Gasteiger partial charge is 0.207 e. The Bertz CT molecular complexity index is 426. The van der Waals surface area contributed by atoms with Crippen molar-refractivity contribution < 1.29 is 8.42 Å². The zero-order valence-corrected chi connectivity index (χ0v) is 8.35. The molecule has 1 aromatic carbocycles. The van der Waals surface area contributed by atoms with Crippen LogP contribution in [0.5, 0.6) is 0 Å². The molecule has 1 aliphatic rings. The van der Waals surface area contributed by atoms with Crippen molar-refractivity contribution in [2.24, 2.45) is 0 Å². The molecule has 0 atom stereocenters. The van der Waals surface area contributed by atoms with Crippen LogP contribution in [0.15, 0.2) is 29.2 Å². The highest BCUT2D eigenvalue weighted by molar-refractivity contribution is 7.89. The van der Waals surface area contributed by atoms with E-state index in [4.69, 9.17) is 11.6 Å². The molecular formula is C8H8ClNO2S. The summed E-state index contributed by atoms with van der Waals surface area (Å²) in [6.45, 7) is 1.21. The van der Waals surface area contributed by atoms with Gasteiger partial charge in [0.15, 0.2) is 0 Å². The molecule has 2 rings (SSSR count). The van der Waals surface area contributed by atoms with E-state index in [0.717, 1.165) is 0 Å². The van der Waals surface area contributed by atoms with E-state index in [1.807, 2.05) is 0 Å². The van der Waals surface area contributed by atoms with Gasteiger partial charge in [-0.05, 0) is 12.1 Å². The van der Waals surface area contributed by atoms with Crippen molar-refractivity contribution in [2.75, 3.05) is 13.1 Å². The number of halogens is 1. The minimum atomic E-state index is -3.30. The zero-order valence-electron chi connectivity index (χ0n) is 6.77. The van der Waals surface area contributed by atoms with Gasteiger partial charge in [0.1, 0.15) is 4.90 Å². The summed E-state index contributed by atoms with van der Waals surface area (Å²) in [6, 6.07) is 6.49. The van der Waals surface area contributed by atoms with E-state index >= 15 is 0 Å². The Morgan fingerprint density at radius 2 is 1.85 bits per heavy atom. The van der Waals surface area contributed by atoms with Crippen LogP contribution < -0.4 is 0 Å². The van der Waals surface area contributed by atoms with Crippen LogP contribution in [0.1, 0.15) is 0 Å². The van der Waals surface area contributed by atoms with Gasteiger partial charge in [-0.25, -0.2) is 8.42 Å². The molecule has 1 aromatic rings. The molecule has 70 valence electrons. The third-order valence-corrected chi connectivity index (χ3v) is 4.26. The van der Waals surface area contributed by atoms with Gasteiger partial charge in [0.25, 0.3) is 0 Å². The number of nitrogens with zero attached hydrogens (tertiary/aromatic N) is 1. The zero-order chi connectivity index (χ0) is 9.47. The Morgan fingerprint density at radius 3 is 2.38 bits per heavy atom. The summed E-state index contributed by atoms with van der Waals surface area (Å²) in [5.41, 5.74) is 0. The highest BCUT2D eigenvalue weighted by Crippen LogP contribution is 2.27. The van der Waals surface area contributed by atoms with Crippen LogP contribution in [-0.4, -0.2) is 25.8 Å². The molecule has 0 amide bonds. The fraction of sp³-hybridized carbons (Fsp3) is 0.250. The van der Waals surface area contributed by atoms with E-state index in [0.29, 0.717) is 13.1 Å². The van der Waals surface area contributed by atoms with Crippen LogP contribution in [0.25, 0.3) is 0 Å². The molecule has 5 heteroatoms. The summed E-state index contributed by atoms with van der Waals surface area (Å²) in [4.78, 5) is 0.203. The van der Waals surface area contributed by atoms with Crippen molar-refractivity contribution >= 4 is 21.6 Å². The van der Waals surface area contributed by atoms with E-state index in [1.54, 1.807) is 18.2 Å². The lowest BCUT2D eigenvalue weighted by atomic mass is 10.4. The van der Waals surface area contributed by atoms with Gasteiger partial charge in [0.05, 0.1) is 5.02 Å². The monoisotopic (exact) mass is 217 g/mol. The van der Waals surface area contributed by atoms with Crippen LogP contribution >= 0.6 is 11.6 Å². The molecule has 13 heavy (non-hydrogen) atoms. The third kappa shape index (κ3) is 1.57. The van der Waals surface area contributed by atoms with Crippen LogP contribution in [0.4, 0.5) is 0 Å². The van der Waals surface area contributed by atoms with Crippen molar-refractivity contribution in [3.05, 3.63) is 29.3 Å². The van der Waals surface area contributed by atoms with Crippen LogP contribution in [0.3, 0.4) is 0 Å². The number of rotatable bonds is 2. The maximum Gasteiger partial charge on any atom is 0.244 e. The Morgan fingerprint density at radius 1 is 1.23 bits per heavy atom. The van der Waals surface area contributed by atoms with Gasteiger partial charge in [-0.1, -0.05) is 23.7 Å². The highest BCUT2D eigenvalue weighted by atomic mass is 35.5. The predicted molar refractivity (Wildman–Crippen MR) is 50.2 cm³/mol. The molecule has 1 heterocycles. The molecule has 1 fully saturated rings. The summed E-state index contributed by atoms with van der Waals surface area (Å²) >= 11 is 5.77. The summed E-state index contributed by atoms with van der Waals surface area (Å²) in [5, 5.41) is 0.286. The second-order valence-electron chi connectivity index (χ2n) is 2.83. The van der Waals surface area contributed by atoms with E-state index in [9.17, 15) is 8.42 Å². The van der Waals surface area contributed by atoms with Gasteiger partial charge in [-0.15, -0.1) is 0 Å². The fourth-order valence-electron chi connectivity index (χ4n) is 1.07. The molecule has 0 aliphatic carbocycles. The van der Waals surface area contributed by atoms with Crippen molar-refractivity contribution in [2.45, 2.75) is 4.90 Å². The number of sulfonamides is 1. The first kappa shape index (κ1) is 8.99. The van der Waals surface area contributed by atoms with Crippen LogP contribution in [0, 0.1) is 0 Å². The standard InChI is InChI=1S/C8H8ClNO2S/c9-7-3-1-2-4-8(7)13(11,12)10-5-6-10/h1-4H,5-6H2. The second kappa shape index (κ2) is 2.97. The molecule has 0 unspecified atom stereocenters. The summed E-state index contributed by atoms with van der Waals surface area (Å²) in [6.07, 6.45) is 0. The van der Waals surface area contributed by atoms with Gasteiger partial charge >= 0.3 is 0 Å². The van der Waals surface area contributed by atoms with E-state index < -0.39 is 10.0 Å². The maximum absolute atomic E-state index is 11.7. The van der Waals surface area contributed by atoms with E-state index in [1.165, 1.54) is 10.4 Å². The van der Waals surface area contributed by atoms with E-state index in [2.05, 4.69) is 0 Å². The lowest BCUT2D eigenvalue weighted by Crippen LogP contribution is -2.11. The average molecular weight is 218 g/mol. The Balaban J connectivity index is 2.51. The SMILES string of the molecule is O=S(=O)(c1ccccc1Cl)N1CC1. The van der Waals surface area contributed by atoms with Gasteiger partial charge < -0.3 is 0 Å². The maximum atomic E-state index is 11.7. The normalized spacial score (nSPS) is 17.3. The minimum Gasteiger partial charge on any atom is -0.207 e. The molecule has 1 saturated heterocycles. The van der Waals surface area contributed by atoms with Crippen LogP contribution in [-0.2, 0) is 10.0 Å². The Hall–Kier alpha value is -0.580. The van der Waals surface area contributed by atoms with Crippen molar-refractivity contribution in [3.63, 3.8) is 0 Å². The predicted octanol–water partition coefficient (Wildman–Crippen LogP) is 1.34. The molecule has 0 saturated carbocycles. The van der Waals surface area contributed by atoms with Gasteiger partial charge in [-0.3, -0.25) is 0 Å². The molecular weight excluding hydrogens is 210 g/mol. The lowest BCUT2D eigenvalue weighted by molar-refractivity contribution is 0.563. The molecule has 0 bridgehead atoms. The summed E-state index contributed by atoms with van der Waals surface area (Å²) in [7, 11) is -3.30.